The fraction of sp³-hybridized carbons (Fsp3) is 0.692. The molecule has 0 spiro atoms. The van der Waals surface area contributed by atoms with Gasteiger partial charge in [0, 0.05) is 25.6 Å². The Morgan fingerprint density at radius 3 is 2.90 bits per heavy atom. The Morgan fingerprint density at radius 2 is 2.35 bits per heavy atom. The highest BCUT2D eigenvalue weighted by atomic mass is 127. The number of nitrogens with one attached hydrogen (secondary N) is 2. The second-order valence-corrected chi connectivity index (χ2v) is 5.64. The Kier molecular flexibility index (Phi) is 7.75. The number of halogens is 1. The summed E-state index contributed by atoms with van der Waals surface area (Å²) < 4.78 is 5.26. The summed E-state index contributed by atoms with van der Waals surface area (Å²) in [5.74, 6) is 0.860. The molecule has 114 valence electrons. The van der Waals surface area contributed by atoms with Crippen molar-refractivity contribution < 1.29 is 4.74 Å². The number of ether oxygens (including phenoxy) is 1. The van der Waals surface area contributed by atoms with E-state index in [-0.39, 0.29) is 30.1 Å². The molecule has 1 aliphatic rings. The molecule has 1 heterocycles. The third-order valence-corrected chi connectivity index (χ3v) is 4.43. The van der Waals surface area contributed by atoms with Gasteiger partial charge in [-0.2, -0.15) is 0 Å². The lowest BCUT2D eigenvalue weighted by Gasteiger charge is -2.28. The molecule has 0 amide bonds. The van der Waals surface area contributed by atoms with Gasteiger partial charge in [-0.15, -0.1) is 35.3 Å². The maximum atomic E-state index is 5.26. The van der Waals surface area contributed by atoms with E-state index >= 15 is 0 Å². The first-order chi connectivity index (χ1) is 9.22. The smallest absolute Gasteiger partial charge is 0.191 e. The van der Waals surface area contributed by atoms with Gasteiger partial charge in [0.1, 0.15) is 11.1 Å². The van der Waals surface area contributed by atoms with Crippen LogP contribution in [0.15, 0.2) is 10.4 Å². The Hall–Kier alpha value is -0.410. The molecule has 0 bridgehead atoms. The molecule has 1 aliphatic carbocycles. The highest BCUT2D eigenvalue weighted by Crippen LogP contribution is 2.20. The highest BCUT2D eigenvalue weighted by molar-refractivity contribution is 14.0. The molecule has 0 radical (unpaired) electrons. The van der Waals surface area contributed by atoms with E-state index in [4.69, 9.17) is 4.74 Å². The second-order valence-electron chi connectivity index (χ2n) is 4.75. The van der Waals surface area contributed by atoms with E-state index in [9.17, 15) is 0 Å². The zero-order valence-electron chi connectivity index (χ0n) is 12.2. The topological polar surface area (TPSA) is 58.5 Å². The van der Waals surface area contributed by atoms with Crippen molar-refractivity contribution in [2.24, 2.45) is 4.99 Å². The van der Waals surface area contributed by atoms with Crippen molar-refractivity contribution in [1.82, 2.24) is 15.6 Å². The summed E-state index contributed by atoms with van der Waals surface area (Å²) in [7, 11) is 3.50. The zero-order valence-corrected chi connectivity index (χ0v) is 15.3. The van der Waals surface area contributed by atoms with Crippen LogP contribution >= 0.6 is 35.3 Å². The number of aromatic nitrogens is 1. The van der Waals surface area contributed by atoms with Crippen molar-refractivity contribution in [2.45, 2.75) is 44.9 Å². The standard InChI is InChI=1S/C13H22N4OS.HI/c1-9(18-3)12-16-11(8-19-12)7-15-13(14-2)17-10-5-4-6-10;/h8-10H,4-7H2,1-3H3,(H2,14,15,17);1H. The minimum atomic E-state index is 0. The quantitative estimate of drug-likeness (QED) is 0.445. The lowest BCUT2D eigenvalue weighted by Crippen LogP contribution is -2.46. The Bertz CT molecular complexity index is 434. The van der Waals surface area contributed by atoms with Crippen molar-refractivity contribution >= 4 is 41.3 Å². The van der Waals surface area contributed by atoms with Crippen molar-refractivity contribution in [1.29, 1.82) is 0 Å². The van der Waals surface area contributed by atoms with E-state index in [1.165, 1.54) is 19.3 Å². The third-order valence-electron chi connectivity index (χ3n) is 3.38. The van der Waals surface area contributed by atoms with E-state index in [0.717, 1.165) is 16.7 Å². The highest BCUT2D eigenvalue weighted by Gasteiger charge is 2.18. The van der Waals surface area contributed by atoms with Crippen LogP contribution in [0, 0.1) is 0 Å². The molecule has 0 saturated heterocycles. The molecule has 0 aliphatic heterocycles. The molecule has 2 N–H and O–H groups in total. The van der Waals surface area contributed by atoms with Crippen molar-refractivity contribution in [3.63, 3.8) is 0 Å². The van der Waals surface area contributed by atoms with E-state index < -0.39 is 0 Å². The number of aliphatic imine (C=N–C) groups is 1. The lowest BCUT2D eigenvalue weighted by molar-refractivity contribution is 0.119. The molecule has 1 fully saturated rings. The summed E-state index contributed by atoms with van der Waals surface area (Å²) in [6.07, 6.45) is 3.87. The number of hydrogen-bond donors (Lipinski definition) is 2. The fourth-order valence-electron chi connectivity index (χ4n) is 1.81. The number of thiazole rings is 1. The fourth-order valence-corrected chi connectivity index (χ4v) is 2.66. The van der Waals surface area contributed by atoms with Crippen LogP contribution in [0.1, 0.15) is 43.0 Å². The summed E-state index contributed by atoms with van der Waals surface area (Å²) >= 11 is 1.63. The predicted molar refractivity (Wildman–Crippen MR) is 93.9 cm³/mol. The average Bonchev–Trinajstić information content (AvgIpc) is 2.85. The van der Waals surface area contributed by atoms with Gasteiger partial charge in [0.2, 0.25) is 0 Å². The number of methoxy groups -OCH3 is 1. The van der Waals surface area contributed by atoms with Gasteiger partial charge in [0.15, 0.2) is 5.96 Å². The van der Waals surface area contributed by atoms with Crippen molar-refractivity contribution in [3.8, 4) is 0 Å². The van der Waals surface area contributed by atoms with Gasteiger partial charge in [-0.25, -0.2) is 4.98 Å². The maximum Gasteiger partial charge on any atom is 0.191 e. The predicted octanol–water partition coefficient (Wildman–Crippen LogP) is 2.69. The number of hydrogen-bond acceptors (Lipinski definition) is 4. The van der Waals surface area contributed by atoms with Gasteiger partial charge >= 0.3 is 0 Å². The van der Waals surface area contributed by atoms with Gasteiger partial charge in [-0.05, 0) is 26.2 Å². The first-order valence-corrected chi connectivity index (χ1v) is 7.55. The number of nitrogens with zero attached hydrogens (tertiary/aromatic N) is 2. The minimum absolute atomic E-state index is 0. The summed E-state index contributed by atoms with van der Waals surface area (Å²) in [6.45, 7) is 2.70. The van der Waals surface area contributed by atoms with Crippen LogP contribution in [0.3, 0.4) is 0 Å². The van der Waals surface area contributed by atoms with Crippen LogP contribution in [-0.4, -0.2) is 31.1 Å². The van der Waals surface area contributed by atoms with E-state index in [0.29, 0.717) is 12.6 Å². The van der Waals surface area contributed by atoms with Crippen molar-refractivity contribution in [3.05, 3.63) is 16.1 Å². The minimum Gasteiger partial charge on any atom is -0.375 e. The molecular weight excluding hydrogens is 387 g/mol. The van der Waals surface area contributed by atoms with E-state index in [2.05, 4.69) is 26.0 Å². The van der Waals surface area contributed by atoms with Crippen LogP contribution in [0.4, 0.5) is 0 Å². The van der Waals surface area contributed by atoms with Gasteiger partial charge in [0.05, 0.1) is 12.2 Å². The lowest BCUT2D eigenvalue weighted by atomic mass is 9.93. The molecule has 2 rings (SSSR count). The normalized spacial score (nSPS) is 17.1. The molecule has 1 unspecified atom stereocenters. The van der Waals surface area contributed by atoms with E-state index in [1.54, 1.807) is 25.5 Å². The Morgan fingerprint density at radius 1 is 1.60 bits per heavy atom. The maximum absolute atomic E-state index is 5.26. The van der Waals surface area contributed by atoms with Crippen LogP contribution in [0.25, 0.3) is 0 Å². The molecular formula is C13H23IN4OS. The molecule has 20 heavy (non-hydrogen) atoms. The first kappa shape index (κ1) is 17.6. The Labute approximate surface area is 141 Å². The van der Waals surface area contributed by atoms with Crippen molar-refractivity contribution in [2.75, 3.05) is 14.2 Å². The summed E-state index contributed by atoms with van der Waals surface area (Å²) in [4.78, 5) is 8.78. The molecule has 1 atom stereocenters. The largest absolute Gasteiger partial charge is 0.375 e. The summed E-state index contributed by atoms with van der Waals surface area (Å²) in [5, 5.41) is 9.78. The monoisotopic (exact) mass is 410 g/mol. The van der Waals surface area contributed by atoms with Crippen LogP contribution < -0.4 is 10.6 Å². The van der Waals surface area contributed by atoms with Crippen LogP contribution in [0.2, 0.25) is 0 Å². The molecule has 1 aromatic rings. The van der Waals surface area contributed by atoms with Gasteiger partial charge in [-0.1, -0.05) is 0 Å². The molecule has 5 nitrogen and oxygen atoms in total. The summed E-state index contributed by atoms with van der Waals surface area (Å²) in [6, 6.07) is 0.589. The summed E-state index contributed by atoms with van der Waals surface area (Å²) in [5.41, 5.74) is 1.03. The van der Waals surface area contributed by atoms with Crippen LogP contribution in [0.5, 0.6) is 0 Å². The van der Waals surface area contributed by atoms with Gasteiger partial charge < -0.3 is 15.4 Å². The van der Waals surface area contributed by atoms with Crippen LogP contribution in [-0.2, 0) is 11.3 Å². The molecule has 0 aromatic carbocycles. The van der Waals surface area contributed by atoms with Gasteiger partial charge in [0.25, 0.3) is 0 Å². The first-order valence-electron chi connectivity index (χ1n) is 6.67. The third kappa shape index (κ3) is 4.85. The zero-order chi connectivity index (χ0) is 13.7. The second kappa shape index (κ2) is 8.78. The number of guanidine groups is 1. The molecule has 7 heteroatoms. The number of rotatable bonds is 5. The molecule has 1 aromatic heterocycles. The SMILES string of the molecule is CN=C(NCc1csc(C(C)OC)n1)NC1CCC1.I. The average molecular weight is 410 g/mol. The van der Waals surface area contributed by atoms with Gasteiger partial charge in [-0.3, -0.25) is 4.99 Å². The molecule has 1 saturated carbocycles. The Balaban J connectivity index is 0.00000200. The van der Waals surface area contributed by atoms with E-state index in [1.807, 2.05) is 6.92 Å².